The Morgan fingerprint density at radius 1 is 0.500 bits per heavy atom. The SMILES string of the molecule is CC1=CC(=CC=c2ccc(=CC=C3C=C(C)C(=O)C(C)=C3)cc2)C=C(C)C1=O. The molecule has 0 heterocycles. The molecule has 28 heavy (non-hydrogen) atoms. The van der Waals surface area contributed by atoms with Gasteiger partial charge in [-0.3, -0.25) is 9.59 Å². The molecule has 1 aromatic rings. The van der Waals surface area contributed by atoms with E-state index < -0.39 is 0 Å². The monoisotopic (exact) mass is 368 g/mol. The average Bonchev–Trinajstić information content (AvgIpc) is 2.67. The number of carbonyl (C=O) groups excluding carboxylic acids is 2. The van der Waals surface area contributed by atoms with Gasteiger partial charge < -0.3 is 0 Å². The maximum Gasteiger partial charge on any atom is 0.184 e. The largest absolute Gasteiger partial charge is 0.289 e. The van der Waals surface area contributed by atoms with Gasteiger partial charge in [-0.1, -0.05) is 48.6 Å². The van der Waals surface area contributed by atoms with Crippen LogP contribution < -0.4 is 10.4 Å². The van der Waals surface area contributed by atoms with Crippen molar-refractivity contribution in [2.45, 2.75) is 27.7 Å². The lowest BCUT2D eigenvalue weighted by Gasteiger charge is -2.08. The summed E-state index contributed by atoms with van der Waals surface area (Å²) < 4.78 is 0. The maximum atomic E-state index is 11.8. The fraction of sp³-hybridized carbons (Fsp3) is 0.154. The van der Waals surface area contributed by atoms with Crippen LogP contribution in [-0.2, 0) is 9.59 Å². The number of ketones is 2. The predicted molar refractivity (Wildman–Crippen MR) is 116 cm³/mol. The second kappa shape index (κ2) is 8.18. The summed E-state index contributed by atoms with van der Waals surface area (Å²) in [5.41, 5.74) is 5.16. The summed E-state index contributed by atoms with van der Waals surface area (Å²) in [6.07, 6.45) is 15.8. The summed E-state index contributed by atoms with van der Waals surface area (Å²) >= 11 is 0. The normalized spacial score (nSPS) is 16.7. The fourth-order valence-corrected chi connectivity index (χ4v) is 3.26. The van der Waals surface area contributed by atoms with Gasteiger partial charge in [-0.25, -0.2) is 0 Å². The zero-order valence-corrected chi connectivity index (χ0v) is 16.7. The van der Waals surface area contributed by atoms with Crippen molar-refractivity contribution >= 4 is 23.7 Å². The molecule has 0 atom stereocenters. The second-order valence-corrected chi connectivity index (χ2v) is 7.30. The Hall–Kier alpha value is -3.26. The van der Waals surface area contributed by atoms with E-state index in [1.54, 1.807) is 0 Å². The number of Topliss-reactive ketones (excluding diaryl/α,β-unsaturated/α-hetero) is 2. The van der Waals surface area contributed by atoms with E-state index in [9.17, 15) is 9.59 Å². The molecule has 140 valence electrons. The molecule has 3 rings (SSSR count). The Kier molecular flexibility index (Phi) is 5.70. The van der Waals surface area contributed by atoms with Crippen LogP contribution in [0.4, 0.5) is 0 Å². The van der Waals surface area contributed by atoms with Crippen molar-refractivity contribution in [1.82, 2.24) is 0 Å². The van der Waals surface area contributed by atoms with Crippen molar-refractivity contribution in [3.8, 4) is 0 Å². The van der Waals surface area contributed by atoms with Crippen molar-refractivity contribution in [3.05, 3.63) is 105 Å². The third-order valence-corrected chi connectivity index (χ3v) is 4.84. The number of carbonyl (C=O) groups is 2. The second-order valence-electron chi connectivity index (χ2n) is 7.30. The maximum absolute atomic E-state index is 11.8. The summed E-state index contributed by atoms with van der Waals surface area (Å²) in [5, 5.41) is 2.20. The first-order chi connectivity index (χ1) is 13.3. The highest BCUT2D eigenvalue weighted by Crippen LogP contribution is 2.18. The smallest absolute Gasteiger partial charge is 0.184 e. The Morgan fingerprint density at radius 2 is 0.786 bits per heavy atom. The van der Waals surface area contributed by atoms with Crippen molar-refractivity contribution in [2.24, 2.45) is 0 Å². The van der Waals surface area contributed by atoms with Crippen LogP contribution in [0.1, 0.15) is 27.7 Å². The average molecular weight is 368 g/mol. The van der Waals surface area contributed by atoms with E-state index in [-0.39, 0.29) is 11.6 Å². The van der Waals surface area contributed by atoms with Crippen LogP contribution in [0.5, 0.6) is 0 Å². The minimum atomic E-state index is 0.114. The highest BCUT2D eigenvalue weighted by atomic mass is 16.1. The van der Waals surface area contributed by atoms with E-state index in [2.05, 4.69) is 24.3 Å². The summed E-state index contributed by atoms with van der Waals surface area (Å²) in [5.74, 6) is 0.229. The molecule has 0 N–H and O–H groups in total. The first-order valence-corrected chi connectivity index (χ1v) is 9.36. The van der Waals surface area contributed by atoms with E-state index in [0.29, 0.717) is 0 Å². The van der Waals surface area contributed by atoms with Gasteiger partial charge in [0.15, 0.2) is 11.6 Å². The van der Waals surface area contributed by atoms with E-state index in [4.69, 9.17) is 0 Å². The highest BCUT2D eigenvalue weighted by molar-refractivity contribution is 6.10. The number of hydrogen-bond acceptors (Lipinski definition) is 2. The Bertz CT molecular complexity index is 995. The molecule has 2 heteroatoms. The van der Waals surface area contributed by atoms with Crippen LogP contribution in [0.2, 0.25) is 0 Å². The zero-order valence-electron chi connectivity index (χ0n) is 16.7. The van der Waals surface area contributed by atoms with Gasteiger partial charge in [0.05, 0.1) is 0 Å². The van der Waals surface area contributed by atoms with Crippen molar-refractivity contribution in [3.63, 3.8) is 0 Å². The van der Waals surface area contributed by atoms with Gasteiger partial charge in [-0.05, 0) is 95.9 Å². The van der Waals surface area contributed by atoms with Gasteiger partial charge in [-0.15, -0.1) is 0 Å². The Balaban J connectivity index is 1.83. The zero-order chi connectivity index (χ0) is 20.3. The van der Waals surface area contributed by atoms with Crippen molar-refractivity contribution < 1.29 is 9.59 Å². The van der Waals surface area contributed by atoms with E-state index in [1.807, 2.05) is 76.3 Å². The molecule has 2 aliphatic carbocycles. The fourth-order valence-electron chi connectivity index (χ4n) is 3.26. The lowest BCUT2D eigenvalue weighted by atomic mass is 9.95. The number of hydrogen-bond donors (Lipinski definition) is 0. The number of benzene rings is 1. The molecule has 2 nitrogen and oxygen atoms in total. The van der Waals surface area contributed by atoms with Gasteiger partial charge >= 0.3 is 0 Å². The molecular formula is C26H24O2. The van der Waals surface area contributed by atoms with Crippen molar-refractivity contribution in [1.29, 1.82) is 0 Å². The predicted octanol–water partition coefficient (Wildman–Crippen LogP) is 4.05. The summed E-state index contributed by atoms with van der Waals surface area (Å²) in [7, 11) is 0. The molecule has 2 aliphatic rings. The molecule has 0 unspecified atom stereocenters. The molecule has 0 spiro atoms. The molecule has 0 radical (unpaired) electrons. The van der Waals surface area contributed by atoms with Crippen LogP contribution in [-0.4, -0.2) is 11.6 Å². The lowest BCUT2D eigenvalue weighted by Crippen LogP contribution is -2.07. The standard InChI is InChI=1S/C26H24O2/c1-17-13-23(14-18(2)25(17)27)11-9-21-5-7-22(8-6-21)10-12-24-15-19(3)26(28)20(4)16-24/h5-16H,1-4H3. The molecule has 0 saturated carbocycles. The van der Waals surface area contributed by atoms with Crippen LogP contribution in [0, 0.1) is 0 Å². The Morgan fingerprint density at radius 3 is 1.07 bits per heavy atom. The quantitative estimate of drug-likeness (QED) is 0.789. The summed E-state index contributed by atoms with van der Waals surface area (Å²) in [6, 6.07) is 8.26. The minimum absolute atomic E-state index is 0.114. The minimum Gasteiger partial charge on any atom is -0.289 e. The van der Waals surface area contributed by atoms with Gasteiger partial charge in [-0.2, -0.15) is 0 Å². The number of allylic oxidation sites excluding steroid dienone is 12. The molecule has 0 bridgehead atoms. The molecule has 0 aliphatic heterocycles. The molecule has 0 amide bonds. The van der Waals surface area contributed by atoms with E-state index in [1.165, 1.54) is 0 Å². The van der Waals surface area contributed by atoms with E-state index >= 15 is 0 Å². The Labute approximate surface area is 166 Å². The van der Waals surface area contributed by atoms with Gasteiger partial charge in [0.1, 0.15) is 0 Å². The summed E-state index contributed by atoms with van der Waals surface area (Å²) in [4.78, 5) is 23.6. The molecule has 0 fully saturated rings. The van der Waals surface area contributed by atoms with Crippen LogP contribution >= 0.6 is 0 Å². The molecule has 1 aromatic carbocycles. The van der Waals surface area contributed by atoms with Crippen LogP contribution in [0.25, 0.3) is 12.2 Å². The van der Waals surface area contributed by atoms with E-state index in [0.717, 1.165) is 43.9 Å². The first kappa shape index (κ1) is 19.5. The van der Waals surface area contributed by atoms with Gasteiger partial charge in [0.25, 0.3) is 0 Å². The highest BCUT2D eigenvalue weighted by Gasteiger charge is 2.12. The first-order valence-electron chi connectivity index (χ1n) is 9.36. The lowest BCUT2D eigenvalue weighted by molar-refractivity contribution is -0.113. The van der Waals surface area contributed by atoms with Crippen LogP contribution in [0.3, 0.4) is 0 Å². The number of rotatable bonds is 2. The van der Waals surface area contributed by atoms with Crippen LogP contribution in [0.15, 0.2) is 94.2 Å². The topological polar surface area (TPSA) is 34.1 Å². The van der Waals surface area contributed by atoms with Gasteiger partial charge in [0, 0.05) is 0 Å². The molecule has 0 saturated heterocycles. The third-order valence-electron chi connectivity index (χ3n) is 4.84. The third kappa shape index (κ3) is 4.52. The summed E-state index contributed by atoms with van der Waals surface area (Å²) in [6.45, 7) is 7.39. The van der Waals surface area contributed by atoms with Crippen molar-refractivity contribution in [2.75, 3.05) is 0 Å². The molecule has 0 aromatic heterocycles. The van der Waals surface area contributed by atoms with Gasteiger partial charge in [0.2, 0.25) is 0 Å². The molecular weight excluding hydrogens is 344 g/mol.